The number of ether oxygens (including phenoxy) is 3. The lowest BCUT2D eigenvalue weighted by Crippen LogP contribution is -2.21. The standard InChI is InChI=1S/C16H19N3O3/c1-3-21-16-9-15(17-10-18-16)19-13-6-7-22-14-8-11(20-2)4-5-12(13)14/h4-5,8-10,13H,3,6-7H2,1-2H3,(H,17,18,19). The lowest BCUT2D eigenvalue weighted by Gasteiger charge is -2.27. The lowest BCUT2D eigenvalue weighted by atomic mass is 10.0. The molecule has 0 bridgehead atoms. The van der Waals surface area contributed by atoms with Crippen molar-refractivity contribution in [3.63, 3.8) is 0 Å². The van der Waals surface area contributed by atoms with Crippen LogP contribution < -0.4 is 19.5 Å². The average molecular weight is 301 g/mol. The van der Waals surface area contributed by atoms with Crippen LogP contribution >= 0.6 is 0 Å². The van der Waals surface area contributed by atoms with E-state index in [2.05, 4.69) is 15.3 Å². The van der Waals surface area contributed by atoms with Crippen LogP contribution in [0.2, 0.25) is 0 Å². The minimum absolute atomic E-state index is 0.138. The van der Waals surface area contributed by atoms with E-state index >= 15 is 0 Å². The second-order valence-corrected chi connectivity index (χ2v) is 4.91. The fraction of sp³-hybridized carbons (Fsp3) is 0.375. The van der Waals surface area contributed by atoms with Gasteiger partial charge in [0, 0.05) is 24.1 Å². The van der Waals surface area contributed by atoms with E-state index < -0.39 is 0 Å². The monoisotopic (exact) mass is 301 g/mol. The summed E-state index contributed by atoms with van der Waals surface area (Å²) in [6, 6.07) is 7.82. The highest BCUT2D eigenvalue weighted by molar-refractivity contribution is 5.48. The number of hydrogen-bond acceptors (Lipinski definition) is 6. The summed E-state index contributed by atoms with van der Waals surface area (Å²) < 4.78 is 16.4. The van der Waals surface area contributed by atoms with Gasteiger partial charge in [0.05, 0.1) is 26.4 Å². The molecule has 22 heavy (non-hydrogen) atoms. The maximum atomic E-state index is 5.72. The Bertz CT molecular complexity index is 648. The predicted octanol–water partition coefficient (Wildman–Crippen LogP) is 2.82. The molecular weight excluding hydrogens is 282 g/mol. The van der Waals surface area contributed by atoms with Gasteiger partial charge in [-0.05, 0) is 19.1 Å². The minimum atomic E-state index is 0.138. The molecule has 0 spiro atoms. The van der Waals surface area contributed by atoms with Crippen LogP contribution in [0, 0.1) is 0 Å². The molecule has 1 aliphatic rings. The van der Waals surface area contributed by atoms with Gasteiger partial charge >= 0.3 is 0 Å². The number of fused-ring (bicyclic) bond motifs is 1. The first kappa shape index (κ1) is 14.4. The van der Waals surface area contributed by atoms with Crippen LogP contribution in [0.3, 0.4) is 0 Å². The summed E-state index contributed by atoms with van der Waals surface area (Å²) >= 11 is 0. The molecule has 1 aromatic carbocycles. The zero-order valence-electron chi connectivity index (χ0n) is 12.7. The Balaban J connectivity index is 1.81. The van der Waals surface area contributed by atoms with Crippen molar-refractivity contribution in [1.82, 2.24) is 9.97 Å². The van der Waals surface area contributed by atoms with Crippen LogP contribution in [0.5, 0.6) is 17.4 Å². The SMILES string of the molecule is CCOc1cc(NC2CCOc3cc(OC)ccc32)ncn1. The first-order valence-corrected chi connectivity index (χ1v) is 7.32. The van der Waals surface area contributed by atoms with Crippen molar-refractivity contribution >= 4 is 5.82 Å². The zero-order chi connectivity index (χ0) is 15.4. The van der Waals surface area contributed by atoms with Crippen LogP contribution in [0.1, 0.15) is 24.9 Å². The molecule has 0 amide bonds. The van der Waals surface area contributed by atoms with Crippen LogP contribution in [-0.4, -0.2) is 30.3 Å². The number of methoxy groups -OCH3 is 1. The van der Waals surface area contributed by atoms with E-state index in [1.165, 1.54) is 6.33 Å². The van der Waals surface area contributed by atoms with Crippen LogP contribution in [0.25, 0.3) is 0 Å². The average Bonchev–Trinajstić information content (AvgIpc) is 2.55. The van der Waals surface area contributed by atoms with Crippen molar-refractivity contribution in [3.05, 3.63) is 36.2 Å². The van der Waals surface area contributed by atoms with Gasteiger partial charge in [-0.15, -0.1) is 0 Å². The summed E-state index contributed by atoms with van der Waals surface area (Å²) in [6.45, 7) is 3.16. The van der Waals surface area contributed by atoms with Gasteiger partial charge in [0.25, 0.3) is 0 Å². The Hall–Kier alpha value is -2.50. The molecule has 0 saturated heterocycles. The van der Waals surface area contributed by atoms with Gasteiger partial charge in [-0.1, -0.05) is 0 Å². The second kappa shape index (κ2) is 6.51. The largest absolute Gasteiger partial charge is 0.497 e. The molecule has 1 aliphatic heterocycles. The summed E-state index contributed by atoms with van der Waals surface area (Å²) in [5.74, 6) is 2.95. The third kappa shape index (κ3) is 3.05. The van der Waals surface area contributed by atoms with Crippen molar-refractivity contribution in [2.24, 2.45) is 0 Å². The Morgan fingerprint density at radius 3 is 3.05 bits per heavy atom. The molecule has 0 saturated carbocycles. The number of anilines is 1. The molecule has 6 heteroatoms. The number of nitrogens with one attached hydrogen (secondary N) is 1. The fourth-order valence-corrected chi connectivity index (χ4v) is 2.47. The first-order valence-electron chi connectivity index (χ1n) is 7.32. The Morgan fingerprint density at radius 1 is 1.32 bits per heavy atom. The normalized spacial score (nSPS) is 16.4. The van der Waals surface area contributed by atoms with E-state index in [-0.39, 0.29) is 6.04 Å². The van der Waals surface area contributed by atoms with Gasteiger partial charge in [-0.25, -0.2) is 9.97 Å². The third-order valence-electron chi connectivity index (χ3n) is 3.52. The van der Waals surface area contributed by atoms with E-state index in [1.807, 2.05) is 31.2 Å². The van der Waals surface area contributed by atoms with Crippen molar-refractivity contribution in [1.29, 1.82) is 0 Å². The molecule has 0 radical (unpaired) electrons. The number of nitrogens with zero attached hydrogens (tertiary/aromatic N) is 2. The molecule has 1 unspecified atom stereocenters. The molecule has 1 N–H and O–H groups in total. The third-order valence-corrected chi connectivity index (χ3v) is 3.52. The van der Waals surface area contributed by atoms with Crippen molar-refractivity contribution in [2.75, 3.05) is 25.6 Å². The highest BCUT2D eigenvalue weighted by Crippen LogP contribution is 2.36. The van der Waals surface area contributed by atoms with Gasteiger partial charge in [0.2, 0.25) is 5.88 Å². The smallest absolute Gasteiger partial charge is 0.218 e. The summed E-state index contributed by atoms with van der Waals surface area (Å²) in [6.07, 6.45) is 2.37. The molecule has 2 aromatic rings. The van der Waals surface area contributed by atoms with Gasteiger partial charge in [0.1, 0.15) is 23.6 Å². The Labute approximate surface area is 129 Å². The number of benzene rings is 1. The topological polar surface area (TPSA) is 65.5 Å². The molecule has 1 atom stereocenters. The van der Waals surface area contributed by atoms with E-state index in [9.17, 15) is 0 Å². The molecule has 0 fully saturated rings. The first-order chi connectivity index (χ1) is 10.8. The number of aromatic nitrogens is 2. The molecule has 6 nitrogen and oxygen atoms in total. The van der Waals surface area contributed by atoms with Gasteiger partial charge in [-0.2, -0.15) is 0 Å². The van der Waals surface area contributed by atoms with Gasteiger partial charge in [0.15, 0.2) is 0 Å². The molecular formula is C16H19N3O3. The lowest BCUT2D eigenvalue weighted by molar-refractivity contribution is 0.272. The Morgan fingerprint density at radius 2 is 2.23 bits per heavy atom. The predicted molar refractivity (Wildman–Crippen MR) is 82.7 cm³/mol. The van der Waals surface area contributed by atoms with Gasteiger partial charge in [-0.3, -0.25) is 0 Å². The quantitative estimate of drug-likeness (QED) is 0.916. The molecule has 116 valence electrons. The summed E-state index contributed by atoms with van der Waals surface area (Å²) in [4.78, 5) is 8.33. The second-order valence-electron chi connectivity index (χ2n) is 4.91. The van der Waals surface area contributed by atoms with Crippen LogP contribution in [-0.2, 0) is 0 Å². The van der Waals surface area contributed by atoms with Crippen LogP contribution in [0.4, 0.5) is 5.82 Å². The molecule has 3 rings (SSSR count). The van der Waals surface area contributed by atoms with E-state index in [1.54, 1.807) is 7.11 Å². The fourth-order valence-electron chi connectivity index (χ4n) is 2.47. The molecule has 0 aliphatic carbocycles. The molecule has 2 heterocycles. The van der Waals surface area contributed by atoms with Crippen molar-refractivity contribution in [3.8, 4) is 17.4 Å². The van der Waals surface area contributed by atoms with Crippen molar-refractivity contribution < 1.29 is 14.2 Å². The summed E-state index contributed by atoms with van der Waals surface area (Å²) in [5.41, 5.74) is 1.10. The molecule has 1 aromatic heterocycles. The minimum Gasteiger partial charge on any atom is -0.497 e. The summed E-state index contributed by atoms with van der Waals surface area (Å²) in [7, 11) is 1.65. The number of hydrogen-bond donors (Lipinski definition) is 1. The highest BCUT2D eigenvalue weighted by Gasteiger charge is 2.22. The number of rotatable bonds is 5. The van der Waals surface area contributed by atoms with Crippen LogP contribution in [0.15, 0.2) is 30.6 Å². The van der Waals surface area contributed by atoms with E-state index in [0.29, 0.717) is 19.1 Å². The highest BCUT2D eigenvalue weighted by atomic mass is 16.5. The zero-order valence-corrected chi connectivity index (χ0v) is 12.7. The Kier molecular flexibility index (Phi) is 4.27. The van der Waals surface area contributed by atoms with Gasteiger partial charge < -0.3 is 19.5 Å². The van der Waals surface area contributed by atoms with E-state index in [4.69, 9.17) is 14.2 Å². The van der Waals surface area contributed by atoms with Crippen molar-refractivity contribution in [2.45, 2.75) is 19.4 Å². The summed E-state index contributed by atoms with van der Waals surface area (Å²) in [5, 5.41) is 3.42. The maximum Gasteiger partial charge on any atom is 0.218 e. The van der Waals surface area contributed by atoms with E-state index in [0.717, 1.165) is 29.3 Å². The maximum absolute atomic E-state index is 5.72.